The minimum Gasteiger partial charge on any atom is -0.462 e. The van der Waals surface area contributed by atoms with Gasteiger partial charge >= 0.3 is 5.97 Å². The number of hydrogen-bond acceptors (Lipinski definition) is 3. The molecule has 4 aliphatic carbocycles. The van der Waals surface area contributed by atoms with Crippen molar-refractivity contribution in [1.29, 1.82) is 0 Å². The lowest BCUT2D eigenvalue weighted by atomic mass is 9.41. The lowest BCUT2D eigenvalue weighted by Gasteiger charge is -2.64. The minimum absolute atomic E-state index is 0.0152. The van der Waals surface area contributed by atoms with Gasteiger partial charge < -0.3 is 9.47 Å². The van der Waals surface area contributed by atoms with Gasteiger partial charge in [0.25, 0.3) is 0 Å². The molecule has 0 aromatic heterocycles. The van der Waals surface area contributed by atoms with Crippen LogP contribution in [0.1, 0.15) is 106 Å². The molecule has 0 aromatic rings. The second kappa shape index (κ2) is 8.09. The average molecular weight is 471 g/mol. The van der Waals surface area contributed by atoms with Gasteiger partial charge in [0.15, 0.2) is 0 Å². The van der Waals surface area contributed by atoms with Gasteiger partial charge in [-0.15, -0.1) is 0 Å². The minimum atomic E-state index is 0.0152. The molecule has 0 amide bonds. The fourth-order valence-corrected chi connectivity index (χ4v) is 10.6. The van der Waals surface area contributed by atoms with E-state index >= 15 is 0 Å². The largest absolute Gasteiger partial charge is 0.462 e. The van der Waals surface area contributed by atoms with Gasteiger partial charge in [-0.1, -0.05) is 60.1 Å². The summed E-state index contributed by atoms with van der Waals surface area (Å²) in [5.74, 6) is 2.86. The van der Waals surface area contributed by atoms with Crippen LogP contribution in [0.3, 0.4) is 0 Å². The van der Waals surface area contributed by atoms with Crippen LogP contribution in [0.5, 0.6) is 0 Å². The van der Waals surface area contributed by atoms with Crippen LogP contribution >= 0.6 is 0 Å². The second-order valence-electron chi connectivity index (χ2n) is 14.4. The van der Waals surface area contributed by atoms with E-state index in [4.69, 9.17) is 9.47 Å². The number of rotatable bonds is 4. The number of esters is 1. The molecule has 1 aliphatic heterocycles. The second-order valence-corrected chi connectivity index (χ2v) is 14.4. The summed E-state index contributed by atoms with van der Waals surface area (Å²) >= 11 is 0. The molecule has 3 saturated carbocycles. The predicted molar refractivity (Wildman–Crippen MR) is 137 cm³/mol. The number of carbonyl (C=O) groups is 1. The Morgan fingerprint density at radius 3 is 2.47 bits per heavy atom. The molecule has 5 aliphatic rings. The molecule has 3 heteroatoms. The highest BCUT2D eigenvalue weighted by atomic mass is 16.5. The normalized spacial score (nSPS) is 50.6. The van der Waals surface area contributed by atoms with Crippen LogP contribution in [0.15, 0.2) is 11.6 Å². The van der Waals surface area contributed by atoms with Crippen molar-refractivity contribution < 1.29 is 14.3 Å². The first-order valence-corrected chi connectivity index (χ1v) is 14.3. The summed E-state index contributed by atoms with van der Waals surface area (Å²) in [6.07, 6.45) is 14.3. The summed E-state index contributed by atoms with van der Waals surface area (Å²) < 4.78 is 11.7. The van der Waals surface area contributed by atoms with Crippen molar-refractivity contribution >= 4 is 5.97 Å². The summed E-state index contributed by atoms with van der Waals surface area (Å²) in [5.41, 5.74) is 3.11. The van der Waals surface area contributed by atoms with E-state index in [0.717, 1.165) is 24.7 Å². The van der Waals surface area contributed by atoms with Gasteiger partial charge in [-0.05, 0) is 103 Å². The Bertz CT molecular complexity index is 859. The molecule has 0 spiro atoms. The molecule has 1 saturated heterocycles. The van der Waals surface area contributed by atoms with E-state index in [1.165, 1.54) is 44.9 Å². The summed E-state index contributed by atoms with van der Waals surface area (Å²) in [4.78, 5) is 12.0. The maximum atomic E-state index is 12.0. The van der Waals surface area contributed by atoms with Crippen LogP contribution in [-0.2, 0) is 14.3 Å². The number of fused-ring (bicyclic) bond motifs is 5. The van der Waals surface area contributed by atoms with Crippen molar-refractivity contribution in [2.75, 3.05) is 7.11 Å². The van der Waals surface area contributed by atoms with Crippen LogP contribution < -0.4 is 0 Å². The third kappa shape index (κ3) is 3.27. The maximum absolute atomic E-state index is 12.0. The lowest BCUT2D eigenvalue weighted by molar-refractivity contribution is -0.145. The van der Waals surface area contributed by atoms with E-state index in [0.29, 0.717) is 34.2 Å². The van der Waals surface area contributed by atoms with Gasteiger partial charge in [-0.2, -0.15) is 0 Å². The van der Waals surface area contributed by atoms with Gasteiger partial charge in [0.05, 0.1) is 12.0 Å². The maximum Gasteiger partial charge on any atom is 0.309 e. The van der Waals surface area contributed by atoms with Crippen molar-refractivity contribution in [2.24, 2.45) is 51.2 Å². The zero-order chi connectivity index (χ0) is 24.7. The van der Waals surface area contributed by atoms with Crippen molar-refractivity contribution in [1.82, 2.24) is 0 Å². The van der Waals surface area contributed by atoms with Gasteiger partial charge in [0.1, 0.15) is 6.10 Å². The first-order chi connectivity index (χ1) is 15.9. The quantitative estimate of drug-likeness (QED) is 0.314. The molecular weight excluding hydrogens is 420 g/mol. The molecule has 192 valence electrons. The summed E-state index contributed by atoms with van der Waals surface area (Å²) in [7, 11) is 1.92. The topological polar surface area (TPSA) is 35.5 Å². The number of carbonyl (C=O) groups excluding carboxylic acids is 1. The Labute approximate surface area is 208 Å². The molecular formula is C31H50O3. The van der Waals surface area contributed by atoms with E-state index in [1.54, 1.807) is 0 Å². The first-order valence-electron chi connectivity index (χ1n) is 14.3. The summed E-state index contributed by atoms with van der Waals surface area (Å²) in [5, 5.41) is 0. The number of methoxy groups -OCH3 is 1. The highest BCUT2D eigenvalue weighted by Gasteiger charge is 2.65. The monoisotopic (exact) mass is 470 g/mol. The van der Waals surface area contributed by atoms with Crippen LogP contribution in [0.4, 0.5) is 0 Å². The number of hydrogen-bond donors (Lipinski definition) is 0. The fraction of sp³-hybridized carbons (Fsp3) is 0.903. The van der Waals surface area contributed by atoms with Gasteiger partial charge in [0.2, 0.25) is 0 Å². The highest BCUT2D eigenvalue weighted by Crippen LogP contribution is 2.73. The molecule has 0 N–H and O–H groups in total. The fourth-order valence-electron chi connectivity index (χ4n) is 10.6. The Balaban J connectivity index is 1.40. The third-order valence-corrected chi connectivity index (χ3v) is 12.7. The average Bonchev–Trinajstić information content (AvgIpc) is 3.22. The predicted octanol–water partition coefficient (Wildman–Crippen LogP) is 7.58. The lowest BCUT2D eigenvalue weighted by Crippen LogP contribution is -2.58. The number of cyclic esters (lactones) is 1. The molecule has 34 heavy (non-hydrogen) atoms. The Kier molecular flexibility index (Phi) is 5.91. The molecule has 0 bridgehead atoms. The van der Waals surface area contributed by atoms with E-state index in [9.17, 15) is 4.79 Å². The molecule has 1 heterocycles. The van der Waals surface area contributed by atoms with Crippen molar-refractivity contribution in [2.45, 2.75) is 118 Å². The van der Waals surface area contributed by atoms with E-state index in [-0.39, 0.29) is 23.4 Å². The summed E-state index contributed by atoms with van der Waals surface area (Å²) in [6, 6.07) is 0. The van der Waals surface area contributed by atoms with Gasteiger partial charge in [0, 0.05) is 7.11 Å². The first kappa shape index (κ1) is 24.8. The van der Waals surface area contributed by atoms with Crippen LogP contribution in [0.2, 0.25) is 0 Å². The SMILES string of the molecule is CO[C@@H]1CC[C@]2(C)[C@@H]3CC[C@]4(C)[C@@H]([C@H](C)C[C@@H]5C[C@@H](C)C(=O)O5)CC[C@@]4(C)C3=CC[C@@H]2C1(C)C. The molecule has 4 fully saturated rings. The van der Waals surface area contributed by atoms with Crippen molar-refractivity contribution in [3.8, 4) is 0 Å². The van der Waals surface area contributed by atoms with Crippen LogP contribution in [0.25, 0.3) is 0 Å². The van der Waals surface area contributed by atoms with Crippen molar-refractivity contribution in [3.63, 3.8) is 0 Å². The number of allylic oxidation sites excluding steroid dienone is 2. The molecule has 5 rings (SSSR count). The smallest absolute Gasteiger partial charge is 0.309 e. The third-order valence-electron chi connectivity index (χ3n) is 12.7. The van der Waals surface area contributed by atoms with Gasteiger partial charge in [-0.25, -0.2) is 0 Å². The van der Waals surface area contributed by atoms with E-state index < -0.39 is 0 Å². The van der Waals surface area contributed by atoms with Crippen LogP contribution in [0, 0.1) is 51.2 Å². The van der Waals surface area contributed by atoms with E-state index in [1.807, 2.05) is 19.6 Å². The molecule has 0 aromatic carbocycles. The van der Waals surface area contributed by atoms with Crippen molar-refractivity contribution in [3.05, 3.63) is 11.6 Å². The zero-order valence-corrected chi connectivity index (χ0v) is 23.2. The Hall–Kier alpha value is -0.830. The number of ether oxygens (including phenoxy) is 2. The van der Waals surface area contributed by atoms with E-state index in [2.05, 4.69) is 47.6 Å². The standard InChI is InChI=1S/C31H50O3/c1-19(17-21-18-20(2)27(32)34-21)22-11-15-31(7)24-9-10-25-28(3,4)26(33-8)13-14-29(25,5)23(24)12-16-30(22,31)6/h9,19-23,25-26H,10-18H2,1-8H3/t19-,20-,21-,22-,23-,25-,26-,29-,30-,31+/m1/s1. The molecule has 10 atom stereocenters. The van der Waals surface area contributed by atoms with Crippen LogP contribution in [-0.4, -0.2) is 25.3 Å². The highest BCUT2D eigenvalue weighted by molar-refractivity contribution is 5.74. The Morgan fingerprint density at radius 2 is 1.82 bits per heavy atom. The molecule has 0 radical (unpaired) electrons. The molecule has 3 nitrogen and oxygen atoms in total. The molecule has 0 unspecified atom stereocenters. The Morgan fingerprint density at radius 1 is 1.09 bits per heavy atom. The summed E-state index contributed by atoms with van der Waals surface area (Å²) in [6.45, 7) is 17.3. The zero-order valence-electron chi connectivity index (χ0n) is 23.2. The van der Waals surface area contributed by atoms with Gasteiger partial charge in [-0.3, -0.25) is 4.79 Å².